The number of likely N-dealkylation sites (tertiary alicyclic amines) is 1. The van der Waals surface area contributed by atoms with Crippen LogP contribution in [-0.4, -0.2) is 66.1 Å². The maximum absolute atomic E-state index is 12.2. The van der Waals surface area contributed by atoms with Gasteiger partial charge in [-0.05, 0) is 43.7 Å². The first-order valence-electron chi connectivity index (χ1n) is 11.0. The van der Waals surface area contributed by atoms with Crippen LogP contribution in [0.3, 0.4) is 0 Å². The third-order valence-corrected chi connectivity index (χ3v) is 7.12. The van der Waals surface area contributed by atoms with Crippen LogP contribution in [-0.2, 0) is 9.47 Å². The molecular formula is C22H28N4O3. The molecule has 2 atom stereocenters. The summed E-state index contributed by atoms with van der Waals surface area (Å²) in [7, 11) is 0. The van der Waals surface area contributed by atoms with Gasteiger partial charge in [0.1, 0.15) is 6.10 Å². The number of aromatic nitrogens is 2. The molecule has 4 aliphatic rings. The van der Waals surface area contributed by atoms with Gasteiger partial charge >= 0.3 is 6.09 Å². The Morgan fingerprint density at radius 2 is 1.83 bits per heavy atom. The second kappa shape index (κ2) is 6.90. The van der Waals surface area contributed by atoms with Crippen LogP contribution in [0.5, 0.6) is 0 Å². The van der Waals surface area contributed by atoms with Crippen LogP contribution in [0.25, 0.3) is 5.52 Å². The highest BCUT2D eigenvalue weighted by Crippen LogP contribution is 2.35. The van der Waals surface area contributed by atoms with Crippen LogP contribution < -0.4 is 4.90 Å². The Morgan fingerprint density at radius 1 is 1.07 bits per heavy atom. The summed E-state index contributed by atoms with van der Waals surface area (Å²) in [5, 5.41) is 4.66. The average molecular weight is 396 g/mol. The maximum Gasteiger partial charge on any atom is 0.410 e. The Morgan fingerprint density at radius 3 is 2.55 bits per heavy atom. The first-order valence-corrected chi connectivity index (χ1v) is 11.0. The molecule has 3 saturated heterocycles. The van der Waals surface area contributed by atoms with E-state index >= 15 is 0 Å². The lowest BCUT2D eigenvalue weighted by molar-refractivity contribution is 0.0868. The summed E-state index contributed by atoms with van der Waals surface area (Å²) in [6.07, 6.45) is 8.24. The van der Waals surface area contributed by atoms with Gasteiger partial charge in [0, 0.05) is 43.6 Å². The molecule has 0 bridgehead atoms. The van der Waals surface area contributed by atoms with Crippen LogP contribution in [0.4, 0.5) is 10.5 Å². The minimum Gasteiger partial charge on any atom is -0.446 e. The zero-order valence-corrected chi connectivity index (χ0v) is 16.7. The number of amides is 1. The number of hydrogen-bond acceptors (Lipinski definition) is 5. The number of nitrogens with zero attached hydrogens (tertiary/aromatic N) is 4. The van der Waals surface area contributed by atoms with E-state index in [9.17, 15) is 4.79 Å². The van der Waals surface area contributed by atoms with Crippen molar-refractivity contribution >= 4 is 17.3 Å². The maximum atomic E-state index is 12.2. The second-order valence-electron chi connectivity index (χ2n) is 9.12. The molecule has 2 unspecified atom stereocenters. The van der Waals surface area contributed by atoms with Gasteiger partial charge in [-0.15, -0.1) is 0 Å². The first kappa shape index (κ1) is 17.6. The van der Waals surface area contributed by atoms with Crippen LogP contribution in [0.1, 0.15) is 37.2 Å². The molecule has 6 rings (SSSR count). The van der Waals surface area contributed by atoms with Gasteiger partial charge in [0.05, 0.1) is 36.8 Å². The highest BCUT2D eigenvalue weighted by atomic mass is 16.6. The van der Waals surface area contributed by atoms with Gasteiger partial charge in [0.2, 0.25) is 0 Å². The third kappa shape index (κ3) is 3.25. The highest BCUT2D eigenvalue weighted by Gasteiger charge is 2.37. The molecule has 1 aliphatic carbocycles. The minimum atomic E-state index is -0.128. The van der Waals surface area contributed by atoms with Gasteiger partial charge in [-0.3, -0.25) is 0 Å². The van der Waals surface area contributed by atoms with Gasteiger partial charge in [0.15, 0.2) is 0 Å². The van der Waals surface area contributed by atoms with Crippen molar-refractivity contribution in [2.24, 2.45) is 11.8 Å². The van der Waals surface area contributed by atoms with Crippen molar-refractivity contribution in [1.82, 2.24) is 14.5 Å². The quantitative estimate of drug-likeness (QED) is 0.798. The number of anilines is 1. The molecule has 0 radical (unpaired) electrons. The largest absolute Gasteiger partial charge is 0.446 e. The fourth-order valence-electron chi connectivity index (χ4n) is 5.17. The molecule has 1 saturated carbocycles. The van der Waals surface area contributed by atoms with Crippen molar-refractivity contribution in [2.45, 2.75) is 37.7 Å². The molecule has 29 heavy (non-hydrogen) atoms. The van der Waals surface area contributed by atoms with Crippen molar-refractivity contribution < 1.29 is 14.3 Å². The molecule has 2 aromatic rings. The summed E-state index contributed by atoms with van der Waals surface area (Å²) in [6.45, 7) is 5.51. The normalized spacial score (nSPS) is 27.6. The number of carbonyl (C=O) groups is 1. The summed E-state index contributed by atoms with van der Waals surface area (Å²) in [5.74, 6) is 1.80. The average Bonchev–Trinajstić information content (AvgIpc) is 3.14. The molecule has 154 valence electrons. The van der Waals surface area contributed by atoms with Crippen LogP contribution >= 0.6 is 0 Å². The number of hydrogen-bond donors (Lipinski definition) is 0. The van der Waals surface area contributed by atoms with E-state index in [1.54, 1.807) is 0 Å². The zero-order valence-electron chi connectivity index (χ0n) is 16.7. The fraction of sp³-hybridized carbons (Fsp3) is 0.636. The topological polar surface area (TPSA) is 59.3 Å². The molecule has 4 fully saturated rings. The van der Waals surface area contributed by atoms with E-state index in [0.717, 1.165) is 65.1 Å². The van der Waals surface area contributed by atoms with E-state index in [2.05, 4.69) is 28.3 Å². The predicted molar refractivity (Wildman–Crippen MR) is 108 cm³/mol. The number of piperidine rings is 1. The first-order chi connectivity index (χ1) is 14.2. The summed E-state index contributed by atoms with van der Waals surface area (Å²) in [5.41, 5.74) is 3.74. The van der Waals surface area contributed by atoms with Crippen molar-refractivity contribution in [3.8, 4) is 0 Å². The van der Waals surface area contributed by atoms with Crippen molar-refractivity contribution in [3.63, 3.8) is 0 Å². The lowest BCUT2D eigenvalue weighted by Gasteiger charge is -2.31. The number of pyridine rings is 1. The summed E-state index contributed by atoms with van der Waals surface area (Å²) >= 11 is 0. The third-order valence-electron chi connectivity index (χ3n) is 7.12. The molecular weight excluding hydrogens is 368 g/mol. The Bertz CT molecular complexity index is 904. The second-order valence-corrected chi connectivity index (χ2v) is 9.12. The molecule has 0 aromatic carbocycles. The summed E-state index contributed by atoms with van der Waals surface area (Å²) in [6, 6.07) is 4.46. The highest BCUT2D eigenvalue weighted by molar-refractivity contribution is 5.68. The van der Waals surface area contributed by atoms with Crippen LogP contribution in [0.2, 0.25) is 0 Å². The van der Waals surface area contributed by atoms with Crippen LogP contribution in [0, 0.1) is 11.8 Å². The van der Waals surface area contributed by atoms with E-state index in [4.69, 9.17) is 9.47 Å². The smallest absolute Gasteiger partial charge is 0.410 e. The van der Waals surface area contributed by atoms with Gasteiger partial charge in [0.25, 0.3) is 0 Å². The molecule has 3 aliphatic heterocycles. The number of fused-ring (bicyclic) bond motifs is 2. The standard InChI is InChI=1S/C22H28N4O3/c27-22(29-19-2-3-19)24-7-5-15(6-8-24)20-9-23-26-12-18(1-4-21(20)26)25-10-16-13-28-14-17(16)11-25/h1,4,9,12,15-17,19H,2-3,5-8,10-11,13-14H2. The molecule has 7 heteroatoms. The molecule has 0 spiro atoms. The lowest BCUT2D eigenvalue weighted by atomic mass is 9.90. The SMILES string of the molecule is O=C(OC1CC1)N1CCC(c2cnn3cc(N4CC5COCC5C4)ccc23)CC1. The van der Waals surface area contributed by atoms with Crippen molar-refractivity contribution in [2.75, 3.05) is 44.3 Å². The molecule has 7 nitrogen and oxygen atoms in total. The monoisotopic (exact) mass is 396 g/mol. The number of rotatable bonds is 3. The van der Waals surface area contributed by atoms with Crippen molar-refractivity contribution in [3.05, 3.63) is 30.1 Å². The van der Waals surface area contributed by atoms with E-state index in [-0.39, 0.29) is 12.2 Å². The summed E-state index contributed by atoms with van der Waals surface area (Å²) in [4.78, 5) is 16.5. The van der Waals surface area contributed by atoms with Gasteiger partial charge in [-0.2, -0.15) is 5.10 Å². The van der Waals surface area contributed by atoms with Gasteiger partial charge in [-0.1, -0.05) is 0 Å². The number of carbonyl (C=O) groups excluding carboxylic acids is 1. The Kier molecular flexibility index (Phi) is 4.18. The minimum absolute atomic E-state index is 0.128. The van der Waals surface area contributed by atoms with E-state index < -0.39 is 0 Å². The predicted octanol–water partition coefficient (Wildman–Crippen LogP) is 2.90. The van der Waals surface area contributed by atoms with Crippen molar-refractivity contribution in [1.29, 1.82) is 0 Å². The van der Waals surface area contributed by atoms with E-state index in [1.165, 1.54) is 16.8 Å². The molecule has 5 heterocycles. The van der Waals surface area contributed by atoms with E-state index in [1.807, 2.05) is 15.6 Å². The van der Waals surface area contributed by atoms with Crippen LogP contribution in [0.15, 0.2) is 24.5 Å². The fourth-order valence-corrected chi connectivity index (χ4v) is 5.17. The lowest BCUT2D eigenvalue weighted by Crippen LogP contribution is -2.38. The Labute approximate surface area is 170 Å². The van der Waals surface area contributed by atoms with Gasteiger partial charge in [-0.25, -0.2) is 9.31 Å². The van der Waals surface area contributed by atoms with E-state index in [0.29, 0.717) is 17.8 Å². The Hall–Kier alpha value is -2.28. The number of ether oxygens (including phenoxy) is 2. The Balaban J connectivity index is 1.14. The van der Waals surface area contributed by atoms with Gasteiger partial charge < -0.3 is 19.3 Å². The molecule has 0 N–H and O–H groups in total. The molecule has 1 amide bonds. The summed E-state index contributed by atoms with van der Waals surface area (Å²) < 4.78 is 13.1. The molecule has 2 aromatic heterocycles. The zero-order chi connectivity index (χ0) is 19.4.